The molecule has 1 rings (SSSR count). The standard InChI is InChI=1S/C9H19N3O/c1-7(12-9(10)11-2)8-5-3-4-6-13-8/h7-8H,3-6H2,1-2H3,(H3,10,11,12). The van der Waals surface area contributed by atoms with Crippen molar-refractivity contribution >= 4 is 5.96 Å². The van der Waals surface area contributed by atoms with Crippen molar-refractivity contribution in [2.24, 2.45) is 10.7 Å². The van der Waals surface area contributed by atoms with Gasteiger partial charge in [0.1, 0.15) is 0 Å². The second-order valence-corrected chi connectivity index (χ2v) is 3.45. The van der Waals surface area contributed by atoms with E-state index >= 15 is 0 Å². The molecule has 4 nitrogen and oxygen atoms in total. The van der Waals surface area contributed by atoms with Gasteiger partial charge >= 0.3 is 0 Å². The summed E-state index contributed by atoms with van der Waals surface area (Å²) in [5.74, 6) is 0.488. The molecule has 13 heavy (non-hydrogen) atoms. The highest BCUT2D eigenvalue weighted by Crippen LogP contribution is 2.15. The summed E-state index contributed by atoms with van der Waals surface area (Å²) in [6, 6.07) is 0.254. The Labute approximate surface area is 79.6 Å². The largest absolute Gasteiger partial charge is 0.376 e. The molecule has 0 saturated carbocycles. The van der Waals surface area contributed by atoms with Crippen LogP contribution in [0.25, 0.3) is 0 Å². The molecule has 3 N–H and O–H groups in total. The van der Waals surface area contributed by atoms with Crippen LogP contribution in [-0.4, -0.2) is 31.8 Å². The van der Waals surface area contributed by atoms with Crippen LogP contribution >= 0.6 is 0 Å². The summed E-state index contributed by atoms with van der Waals surface area (Å²) >= 11 is 0. The molecule has 1 aliphatic heterocycles. The van der Waals surface area contributed by atoms with E-state index in [1.54, 1.807) is 7.05 Å². The van der Waals surface area contributed by atoms with E-state index in [4.69, 9.17) is 10.5 Å². The third kappa shape index (κ3) is 3.22. The molecule has 0 aromatic heterocycles. The van der Waals surface area contributed by atoms with Crippen molar-refractivity contribution < 1.29 is 4.74 Å². The molecule has 76 valence electrons. The van der Waals surface area contributed by atoms with E-state index in [1.807, 2.05) is 0 Å². The van der Waals surface area contributed by atoms with Crippen LogP contribution in [0.5, 0.6) is 0 Å². The van der Waals surface area contributed by atoms with Crippen LogP contribution in [0, 0.1) is 0 Å². The Kier molecular flexibility index (Phi) is 4.02. The predicted octanol–water partition coefficient (Wildman–Crippen LogP) is 0.478. The molecule has 1 saturated heterocycles. The average molecular weight is 185 g/mol. The van der Waals surface area contributed by atoms with E-state index in [0.717, 1.165) is 13.0 Å². The summed E-state index contributed by atoms with van der Waals surface area (Å²) in [6.07, 6.45) is 3.83. The van der Waals surface area contributed by atoms with Gasteiger partial charge in [-0.05, 0) is 26.2 Å². The maximum absolute atomic E-state index is 5.61. The van der Waals surface area contributed by atoms with Gasteiger partial charge in [-0.1, -0.05) is 0 Å². The fraction of sp³-hybridized carbons (Fsp3) is 0.889. The minimum Gasteiger partial charge on any atom is -0.376 e. The number of nitrogens with one attached hydrogen (secondary N) is 1. The Morgan fingerprint density at radius 2 is 2.38 bits per heavy atom. The molecule has 0 aromatic rings. The van der Waals surface area contributed by atoms with E-state index in [2.05, 4.69) is 17.2 Å². The van der Waals surface area contributed by atoms with Crippen molar-refractivity contribution in [3.63, 3.8) is 0 Å². The fourth-order valence-electron chi connectivity index (χ4n) is 1.55. The molecule has 0 radical (unpaired) electrons. The van der Waals surface area contributed by atoms with Gasteiger partial charge < -0.3 is 15.8 Å². The van der Waals surface area contributed by atoms with E-state index in [9.17, 15) is 0 Å². The number of rotatable bonds is 2. The van der Waals surface area contributed by atoms with Crippen LogP contribution in [0.15, 0.2) is 4.99 Å². The van der Waals surface area contributed by atoms with Gasteiger partial charge in [0.15, 0.2) is 5.96 Å². The van der Waals surface area contributed by atoms with Gasteiger partial charge in [0.05, 0.1) is 12.1 Å². The third-order valence-corrected chi connectivity index (χ3v) is 2.39. The predicted molar refractivity (Wildman–Crippen MR) is 53.7 cm³/mol. The molecular weight excluding hydrogens is 166 g/mol. The van der Waals surface area contributed by atoms with Crippen molar-refractivity contribution in [3.05, 3.63) is 0 Å². The summed E-state index contributed by atoms with van der Waals surface area (Å²) in [6.45, 7) is 2.95. The smallest absolute Gasteiger partial charge is 0.188 e. The third-order valence-electron chi connectivity index (χ3n) is 2.39. The van der Waals surface area contributed by atoms with Crippen LogP contribution in [0.4, 0.5) is 0 Å². The average Bonchev–Trinajstić information content (AvgIpc) is 2.19. The summed E-state index contributed by atoms with van der Waals surface area (Å²) < 4.78 is 5.61. The molecule has 2 unspecified atom stereocenters. The molecule has 1 fully saturated rings. The van der Waals surface area contributed by atoms with Crippen LogP contribution in [0.3, 0.4) is 0 Å². The molecule has 1 heterocycles. The lowest BCUT2D eigenvalue weighted by molar-refractivity contribution is 0.0000505. The quantitative estimate of drug-likeness (QED) is 0.486. The van der Waals surface area contributed by atoms with Crippen molar-refractivity contribution in [3.8, 4) is 0 Å². The van der Waals surface area contributed by atoms with Crippen molar-refractivity contribution in [2.45, 2.75) is 38.3 Å². The van der Waals surface area contributed by atoms with Gasteiger partial charge in [-0.25, -0.2) is 0 Å². The molecule has 2 atom stereocenters. The summed E-state index contributed by atoms with van der Waals surface area (Å²) in [7, 11) is 1.68. The Morgan fingerprint density at radius 1 is 1.62 bits per heavy atom. The summed E-state index contributed by atoms with van der Waals surface area (Å²) in [5, 5.41) is 3.10. The molecule has 4 heteroatoms. The number of ether oxygens (including phenoxy) is 1. The minimum absolute atomic E-state index is 0.254. The second-order valence-electron chi connectivity index (χ2n) is 3.45. The zero-order valence-corrected chi connectivity index (χ0v) is 8.42. The Hall–Kier alpha value is -0.770. The Morgan fingerprint density at radius 3 is 2.92 bits per heavy atom. The monoisotopic (exact) mass is 185 g/mol. The Bertz CT molecular complexity index is 176. The van der Waals surface area contributed by atoms with Gasteiger partial charge in [0.25, 0.3) is 0 Å². The highest BCUT2D eigenvalue weighted by Gasteiger charge is 2.20. The van der Waals surface area contributed by atoms with E-state index < -0.39 is 0 Å². The molecule has 0 spiro atoms. The number of guanidine groups is 1. The molecule has 0 bridgehead atoms. The number of hydrogen-bond acceptors (Lipinski definition) is 2. The first-order chi connectivity index (χ1) is 6.24. The van der Waals surface area contributed by atoms with Crippen LogP contribution < -0.4 is 11.1 Å². The topological polar surface area (TPSA) is 59.6 Å². The first kappa shape index (κ1) is 10.3. The zero-order chi connectivity index (χ0) is 9.68. The second kappa shape index (κ2) is 5.07. The lowest BCUT2D eigenvalue weighted by Crippen LogP contribution is -2.46. The van der Waals surface area contributed by atoms with Crippen LogP contribution in [-0.2, 0) is 4.74 Å². The highest BCUT2D eigenvalue weighted by atomic mass is 16.5. The van der Waals surface area contributed by atoms with Crippen molar-refractivity contribution in [2.75, 3.05) is 13.7 Å². The SMILES string of the molecule is CN=C(N)NC(C)C1CCCCO1. The number of aliphatic imine (C=N–C) groups is 1. The fourth-order valence-corrected chi connectivity index (χ4v) is 1.55. The maximum Gasteiger partial charge on any atom is 0.188 e. The number of nitrogens with two attached hydrogens (primary N) is 1. The van der Waals surface area contributed by atoms with E-state index in [-0.39, 0.29) is 12.1 Å². The number of nitrogens with zero attached hydrogens (tertiary/aromatic N) is 1. The molecule has 0 amide bonds. The summed E-state index contributed by atoms with van der Waals surface area (Å²) in [4.78, 5) is 3.85. The van der Waals surface area contributed by atoms with Crippen LogP contribution in [0.1, 0.15) is 26.2 Å². The molecular formula is C9H19N3O. The van der Waals surface area contributed by atoms with Crippen molar-refractivity contribution in [1.82, 2.24) is 5.32 Å². The van der Waals surface area contributed by atoms with E-state index in [0.29, 0.717) is 5.96 Å². The maximum atomic E-state index is 5.61. The number of hydrogen-bond donors (Lipinski definition) is 2. The van der Waals surface area contributed by atoms with Gasteiger partial charge in [0, 0.05) is 13.7 Å². The molecule has 1 aliphatic rings. The highest BCUT2D eigenvalue weighted by molar-refractivity contribution is 5.77. The van der Waals surface area contributed by atoms with Crippen LogP contribution in [0.2, 0.25) is 0 Å². The summed E-state index contributed by atoms with van der Waals surface area (Å²) in [5.41, 5.74) is 5.56. The Balaban J connectivity index is 2.32. The lowest BCUT2D eigenvalue weighted by Gasteiger charge is -2.28. The lowest BCUT2D eigenvalue weighted by atomic mass is 10.0. The zero-order valence-electron chi connectivity index (χ0n) is 8.42. The van der Waals surface area contributed by atoms with Gasteiger partial charge in [-0.2, -0.15) is 0 Å². The first-order valence-corrected chi connectivity index (χ1v) is 4.84. The normalized spacial score (nSPS) is 26.9. The van der Waals surface area contributed by atoms with Gasteiger partial charge in [-0.15, -0.1) is 0 Å². The van der Waals surface area contributed by atoms with Crippen molar-refractivity contribution in [1.29, 1.82) is 0 Å². The van der Waals surface area contributed by atoms with Gasteiger partial charge in [-0.3, -0.25) is 4.99 Å². The van der Waals surface area contributed by atoms with E-state index in [1.165, 1.54) is 12.8 Å². The minimum atomic E-state index is 0.254. The van der Waals surface area contributed by atoms with Gasteiger partial charge in [0.2, 0.25) is 0 Å². The molecule has 0 aliphatic carbocycles. The first-order valence-electron chi connectivity index (χ1n) is 4.84. The molecule has 0 aromatic carbocycles.